The first-order valence-electron chi connectivity index (χ1n) is 7.31. The first-order chi connectivity index (χ1) is 10.6. The highest BCUT2D eigenvalue weighted by atomic mass is 35.5. The van der Waals surface area contributed by atoms with Crippen molar-refractivity contribution >= 4 is 38.8 Å². The second-order valence-corrected chi connectivity index (χ2v) is 7.14. The van der Waals surface area contributed by atoms with Crippen LogP contribution in [0, 0.1) is 6.92 Å². The molecule has 22 heavy (non-hydrogen) atoms. The Morgan fingerprint density at radius 3 is 3.00 bits per heavy atom. The Balaban J connectivity index is 2.07. The fourth-order valence-corrected chi connectivity index (χ4v) is 4.68. The number of anilines is 1. The molecule has 1 aliphatic heterocycles. The highest BCUT2D eigenvalue weighted by molar-refractivity contribution is 7.20. The number of nitrogens with two attached hydrogens (primary N) is 1. The first kappa shape index (κ1) is 14.0. The number of aryl methyl sites for hydroxylation is 1. The van der Waals surface area contributed by atoms with Gasteiger partial charge in [-0.05, 0) is 48.2 Å². The Morgan fingerprint density at radius 2 is 2.23 bits per heavy atom. The number of rotatable bonds is 1. The second kappa shape index (κ2) is 5.23. The molecule has 5 heteroatoms. The number of halogens is 1. The molecule has 0 bridgehead atoms. The fourth-order valence-electron chi connectivity index (χ4n) is 3.08. The number of pyridine rings is 1. The molecule has 2 aromatic heterocycles. The summed E-state index contributed by atoms with van der Waals surface area (Å²) in [7, 11) is 0. The van der Waals surface area contributed by atoms with Gasteiger partial charge in [0.1, 0.15) is 5.82 Å². The van der Waals surface area contributed by atoms with Crippen LogP contribution in [-0.4, -0.2) is 11.5 Å². The van der Waals surface area contributed by atoms with Gasteiger partial charge in [-0.15, -0.1) is 11.3 Å². The van der Waals surface area contributed by atoms with Gasteiger partial charge in [0.2, 0.25) is 0 Å². The van der Waals surface area contributed by atoms with Gasteiger partial charge in [-0.25, -0.2) is 4.98 Å². The lowest BCUT2D eigenvalue weighted by molar-refractivity contribution is 0.656. The number of nitrogen functional groups attached to an aromatic ring is 1. The summed E-state index contributed by atoms with van der Waals surface area (Å²) < 4.78 is 1.20. The van der Waals surface area contributed by atoms with Gasteiger partial charge >= 0.3 is 0 Å². The third-order valence-electron chi connectivity index (χ3n) is 4.19. The summed E-state index contributed by atoms with van der Waals surface area (Å²) >= 11 is 8.42. The maximum absolute atomic E-state index is 6.58. The first-order valence-corrected chi connectivity index (χ1v) is 8.50. The van der Waals surface area contributed by atoms with E-state index in [9.17, 15) is 0 Å². The van der Waals surface area contributed by atoms with E-state index >= 15 is 0 Å². The van der Waals surface area contributed by atoms with Crippen LogP contribution in [0.4, 0.5) is 5.82 Å². The van der Waals surface area contributed by atoms with Gasteiger partial charge in [-0.1, -0.05) is 11.6 Å². The fraction of sp³-hybridized carbons (Fsp3) is 0.235. The van der Waals surface area contributed by atoms with Gasteiger partial charge in [0.05, 0.1) is 9.72 Å². The third kappa shape index (κ3) is 2.10. The largest absolute Gasteiger partial charge is 0.384 e. The molecular weight excluding hydrogens is 314 g/mol. The van der Waals surface area contributed by atoms with Gasteiger partial charge in [0.25, 0.3) is 0 Å². The lowest BCUT2D eigenvalue weighted by Gasteiger charge is -2.15. The average Bonchev–Trinajstić information content (AvgIpc) is 2.92. The molecule has 4 rings (SSSR count). The van der Waals surface area contributed by atoms with E-state index in [4.69, 9.17) is 17.3 Å². The molecule has 0 radical (unpaired) electrons. The molecule has 0 unspecified atom stereocenters. The number of nitrogens with zero attached hydrogens (tertiary/aromatic N) is 1. The van der Waals surface area contributed by atoms with Crippen LogP contribution in [0.5, 0.6) is 0 Å². The van der Waals surface area contributed by atoms with E-state index in [0.29, 0.717) is 5.82 Å². The van der Waals surface area contributed by atoms with E-state index in [1.54, 1.807) is 0 Å². The monoisotopic (exact) mass is 329 g/mol. The van der Waals surface area contributed by atoms with E-state index in [0.717, 1.165) is 35.7 Å². The van der Waals surface area contributed by atoms with Crippen molar-refractivity contribution in [2.45, 2.75) is 19.9 Å². The Hall–Kier alpha value is -1.62. The lowest BCUT2D eigenvalue weighted by atomic mass is 9.96. The number of hydrogen-bond donors (Lipinski definition) is 2. The quantitative estimate of drug-likeness (QED) is 0.705. The van der Waals surface area contributed by atoms with Crippen LogP contribution in [0.1, 0.15) is 16.0 Å². The Labute approximate surface area is 138 Å². The van der Waals surface area contributed by atoms with Crippen molar-refractivity contribution in [1.82, 2.24) is 10.3 Å². The molecule has 0 saturated heterocycles. The molecule has 0 saturated carbocycles. The van der Waals surface area contributed by atoms with Crippen LogP contribution in [0.3, 0.4) is 0 Å². The second-order valence-electron chi connectivity index (χ2n) is 5.66. The van der Waals surface area contributed by atoms with Crippen LogP contribution in [-0.2, 0) is 13.0 Å². The van der Waals surface area contributed by atoms with Crippen molar-refractivity contribution in [3.8, 4) is 11.1 Å². The van der Waals surface area contributed by atoms with E-state index in [2.05, 4.69) is 23.3 Å². The summed E-state index contributed by atoms with van der Waals surface area (Å²) in [6.45, 7) is 4.01. The molecule has 1 aliphatic rings. The molecule has 0 amide bonds. The van der Waals surface area contributed by atoms with Gasteiger partial charge in [-0.2, -0.15) is 0 Å². The van der Waals surface area contributed by atoms with Crippen molar-refractivity contribution in [3.05, 3.63) is 45.4 Å². The Kier molecular flexibility index (Phi) is 3.33. The van der Waals surface area contributed by atoms with Crippen LogP contribution in [0.2, 0.25) is 5.02 Å². The summed E-state index contributed by atoms with van der Waals surface area (Å²) in [6.07, 6.45) is 2.92. The zero-order valence-corrected chi connectivity index (χ0v) is 13.8. The SMILES string of the molecule is Cc1cc(-c2ccc(N)nc2)c2c3c(sc2c1Cl)CCNC3. The third-order valence-corrected chi connectivity index (χ3v) is 6.10. The van der Waals surface area contributed by atoms with Crippen molar-refractivity contribution in [2.75, 3.05) is 12.3 Å². The molecule has 3 nitrogen and oxygen atoms in total. The van der Waals surface area contributed by atoms with Gasteiger partial charge < -0.3 is 11.1 Å². The minimum atomic E-state index is 0.541. The molecule has 3 heterocycles. The lowest BCUT2D eigenvalue weighted by Crippen LogP contribution is -2.22. The van der Waals surface area contributed by atoms with E-state index < -0.39 is 0 Å². The predicted octanol–water partition coefficient (Wildman–Crippen LogP) is 4.15. The molecule has 3 aromatic rings. The van der Waals surface area contributed by atoms with Crippen LogP contribution < -0.4 is 11.1 Å². The highest BCUT2D eigenvalue weighted by Crippen LogP contribution is 2.44. The summed E-state index contributed by atoms with van der Waals surface area (Å²) in [5.41, 5.74) is 10.5. The Morgan fingerprint density at radius 1 is 1.36 bits per heavy atom. The topological polar surface area (TPSA) is 50.9 Å². The minimum Gasteiger partial charge on any atom is -0.384 e. The number of fused-ring (bicyclic) bond motifs is 3. The van der Waals surface area contributed by atoms with E-state index in [1.807, 2.05) is 29.7 Å². The maximum atomic E-state index is 6.58. The van der Waals surface area contributed by atoms with Gasteiger partial charge in [0.15, 0.2) is 0 Å². The molecule has 0 fully saturated rings. The molecular formula is C17H16ClN3S. The zero-order valence-electron chi connectivity index (χ0n) is 12.2. The molecule has 1 aromatic carbocycles. The smallest absolute Gasteiger partial charge is 0.123 e. The summed E-state index contributed by atoms with van der Waals surface area (Å²) in [6, 6.07) is 6.05. The van der Waals surface area contributed by atoms with Crippen LogP contribution in [0.15, 0.2) is 24.4 Å². The number of nitrogens with one attached hydrogen (secondary N) is 1. The highest BCUT2D eigenvalue weighted by Gasteiger charge is 2.21. The normalized spacial score (nSPS) is 14.3. The summed E-state index contributed by atoms with van der Waals surface area (Å²) in [5.74, 6) is 0.541. The number of aromatic nitrogens is 1. The van der Waals surface area contributed by atoms with Crippen molar-refractivity contribution in [1.29, 1.82) is 0 Å². The van der Waals surface area contributed by atoms with Gasteiger partial charge in [-0.3, -0.25) is 0 Å². The van der Waals surface area contributed by atoms with Crippen molar-refractivity contribution in [2.24, 2.45) is 0 Å². The van der Waals surface area contributed by atoms with E-state index in [-0.39, 0.29) is 0 Å². The van der Waals surface area contributed by atoms with Crippen LogP contribution >= 0.6 is 22.9 Å². The van der Waals surface area contributed by atoms with Crippen LogP contribution in [0.25, 0.3) is 21.2 Å². The number of hydrogen-bond acceptors (Lipinski definition) is 4. The predicted molar refractivity (Wildman–Crippen MR) is 94.6 cm³/mol. The summed E-state index contributed by atoms with van der Waals surface area (Å²) in [5, 5.41) is 5.62. The van der Waals surface area contributed by atoms with Gasteiger partial charge in [0, 0.05) is 35.1 Å². The minimum absolute atomic E-state index is 0.541. The zero-order chi connectivity index (χ0) is 15.3. The van der Waals surface area contributed by atoms with Crippen molar-refractivity contribution < 1.29 is 0 Å². The van der Waals surface area contributed by atoms with Crippen molar-refractivity contribution in [3.63, 3.8) is 0 Å². The number of thiophene rings is 1. The summed E-state index contributed by atoms with van der Waals surface area (Å²) in [4.78, 5) is 5.69. The molecule has 3 N–H and O–H groups in total. The standard InChI is InChI=1S/C17H16ClN3S/c1-9-6-11(10-2-3-14(19)21-7-10)15-12-8-20-5-4-13(12)22-17(15)16(9)18/h2-3,6-7,20H,4-5,8H2,1H3,(H2,19,21). The number of benzene rings is 1. The molecule has 0 aliphatic carbocycles. The molecule has 0 spiro atoms. The van der Waals surface area contributed by atoms with E-state index in [1.165, 1.54) is 26.1 Å². The maximum Gasteiger partial charge on any atom is 0.123 e. The average molecular weight is 330 g/mol. The molecule has 0 atom stereocenters. The molecule has 112 valence electrons. The Bertz CT molecular complexity index is 868.